The molecule has 4 aromatic rings. The summed E-state index contributed by atoms with van der Waals surface area (Å²) < 4.78 is 10.9. The lowest BCUT2D eigenvalue weighted by molar-refractivity contribution is -0.140. The first-order valence-electron chi connectivity index (χ1n) is 12.4. The van der Waals surface area contributed by atoms with Crippen LogP contribution in [0.1, 0.15) is 39.0 Å². The van der Waals surface area contributed by atoms with E-state index < -0.39 is 5.60 Å². The van der Waals surface area contributed by atoms with Gasteiger partial charge in [-0.05, 0) is 36.2 Å². The number of hydrogen-bond donors (Lipinski definition) is 2. The number of anilines is 2. The van der Waals surface area contributed by atoms with Gasteiger partial charge in [-0.15, -0.1) is 0 Å². The minimum atomic E-state index is -1.86. The summed E-state index contributed by atoms with van der Waals surface area (Å²) >= 11 is 13.1. The SMILES string of the molecule is COC(=O)CCc1ccc(N(C)c2cc3c(cc2Cl)C(O)(c2ccccc2C=O)c2cc(Cl)c(O)cc2O3)cc1. The Morgan fingerprint density at radius 1 is 0.975 bits per heavy atom. The molecule has 7 nitrogen and oxygen atoms in total. The number of phenolic OH excluding ortho intramolecular Hbond substituents is 1. The van der Waals surface area contributed by atoms with Gasteiger partial charge in [-0.3, -0.25) is 9.59 Å². The number of phenols is 1. The third-order valence-corrected chi connectivity index (χ3v) is 7.71. The van der Waals surface area contributed by atoms with E-state index in [0.717, 1.165) is 11.3 Å². The third-order valence-electron chi connectivity index (χ3n) is 7.11. The summed E-state index contributed by atoms with van der Waals surface area (Å²) in [5, 5.41) is 23.0. The monoisotopic (exact) mass is 577 g/mol. The summed E-state index contributed by atoms with van der Waals surface area (Å²) in [7, 11) is 3.21. The van der Waals surface area contributed by atoms with Gasteiger partial charge in [0, 0.05) is 53.5 Å². The number of ether oxygens (including phenoxy) is 2. The van der Waals surface area contributed by atoms with Gasteiger partial charge in [0.05, 0.1) is 22.8 Å². The molecule has 9 heteroatoms. The number of benzene rings is 4. The van der Waals surface area contributed by atoms with E-state index in [-0.39, 0.29) is 40.0 Å². The van der Waals surface area contributed by atoms with Crippen LogP contribution in [0, 0.1) is 0 Å². The highest BCUT2D eigenvalue weighted by atomic mass is 35.5. The zero-order chi connectivity index (χ0) is 28.6. The normalized spacial score (nSPS) is 15.4. The highest BCUT2D eigenvalue weighted by Crippen LogP contribution is 2.54. The highest BCUT2D eigenvalue weighted by molar-refractivity contribution is 6.33. The van der Waals surface area contributed by atoms with Gasteiger partial charge in [0.25, 0.3) is 0 Å². The van der Waals surface area contributed by atoms with Crippen LogP contribution in [0.15, 0.2) is 72.8 Å². The number of carbonyl (C=O) groups is 2. The van der Waals surface area contributed by atoms with Crippen molar-refractivity contribution in [2.24, 2.45) is 0 Å². The molecular formula is C31H25Cl2NO6. The summed E-state index contributed by atoms with van der Waals surface area (Å²) in [6.45, 7) is 0. The topological polar surface area (TPSA) is 96.3 Å². The zero-order valence-electron chi connectivity index (χ0n) is 21.7. The minimum Gasteiger partial charge on any atom is -0.506 e. The van der Waals surface area contributed by atoms with E-state index in [1.165, 1.54) is 19.2 Å². The second-order valence-corrected chi connectivity index (χ2v) is 10.2. The molecule has 0 aliphatic carbocycles. The van der Waals surface area contributed by atoms with Crippen molar-refractivity contribution >= 4 is 46.8 Å². The number of halogens is 2. The maximum Gasteiger partial charge on any atom is 0.305 e. The van der Waals surface area contributed by atoms with Gasteiger partial charge >= 0.3 is 5.97 Å². The summed E-state index contributed by atoms with van der Waals surface area (Å²) in [6.07, 6.45) is 1.52. The predicted octanol–water partition coefficient (Wildman–Crippen LogP) is 6.77. The van der Waals surface area contributed by atoms with Crippen molar-refractivity contribution in [2.45, 2.75) is 18.4 Å². The van der Waals surface area contributed by atoms with Gasteiger partial charge < -0.3 is 24.6 Å². The van der Waals surface area contributed by atoms with E-state index in [1.54, 1.807) is 36.4 Å². The molecule has 40 heavy (non-hydrogen) atoms. The second-order valence-electron chi connectivity index (χ2n) is 9.42. The Bertz CT molecular complexity index is 1620. The average Bonchev–Trinajstić information content (AvgIpc) is 2.97. The van der Waals surface area contributed by atoms with E-state index in [4.69, 9.17) is 32.7 Å². The molecule has 0 bridgehead atoms. The molecule has 1 atom stereocenters. The number of carbonyl (C=O) groups excluding carboxylic acids is 2. The molecule has 0 fully saturated rings. The number of fused-ring (bicyclic) bond motifs is 2. The number of aryl methyl sites for hydroxylation is 1. The van der Waals surface area contributed by atoms with E-state index in [2.05, 4.69) is 0 Å². The molecular weight excluding hydrogens is 553 g/mol. The maximum atomic E-state index is 12.4. The van der Waals surface area contributed by atoms with Crippen molar-refractivity contribution in [1.82, 2.24) is 0 Å². The van der Waals surface area contributed by atoms with Crippen LogP contribution in [-0.2, 0) is 21.6 Å². The van der Waals surface area contributed by atoms with E-state index in [9.17, 15) is 19.8 Å². The van der Waals surface area contributed by atoms with Gasteiger partial charge in [0.2, 0.25) is 0 Å². The number of aldehydes is 1. The number of aliphatic hydroxyl groups is 1. The first-order chi connectivity index (χ1) is 19.2. The van der Waals surface area contributed by atoms with Crippen molar-refractivity contribution in [2.75, 3.05) is 19.1 Å². The Hall–Kier alpha value is -4.04. The molecule has 5 rings (SSSR count). The van der Waals surface area contributed by atoms with Crippen LogP contribution in [0.25, 0.3) is 0 Å². The zero-order valence-corrected chi connectivity index (χ0v) is 23.2. The van der Waals surface area contributed by atoms with Crippen molar-refractivity contribution in [3.63, 3.8) is 0 Å². The number of nitrogens with zero attached hydrogens (tertiary/aromatic N) is 1. The van der Waals surface area contributed by atoms with Gasteiger partial charge in [0.15, 0.2) is 0 Å². The molecule has 0 saturated carbocycles. The first-order valence-corrected chi connectivity index (χ1v) is 13.1. The average molecular weight is 578 g/mol. The van der Waals surface area contributed by atoms with Crippen LogP contribution < -0.4 is 9.64 Å². The molecule has 1 unspecified atom stereocenters. The van der Waals surface area contributed by atoms with Crippen LogP contribution in [0.4, 0.5) is 11.4 Å². The van der Waals surface area contributed by atoms with Crippen LogP contribution in [0.2, 0.25) is 10.0 Å². The molecule has 204 valence electrons. The summed E-state index contributed by atoms with van der Waals surface area (Å²) in [6, 6.07) is 20.4. The Morgan fingerprint density at radius 3 is 2.30 bits per heavy atom. The Labute approximate surface area is 241 Å². The number of esters is 1. The summed E-state index contributed by atoms with van der Waals surface area (Å²) in [5.74, 6) is -0.00901. The van der Waals surface area contributed by atoms with Gasteiger partial charge in [-0.2, -0.15) is 0 Å². The van der Waals surface area contributed by atoms with Gasteiger partial charge in [-0.25, -0.2) is 0 Å². The molecule has 0 saturated heterocycles. The molecule has 0 amide bonds. The minimum absolute atomic E-state index is 0.0188. The molecule has 1 aliphatic rings. The Morgan fingerprint density at radius 2 is 1.62 bits per heavy atom. The third kappa shape index (κ3) is 4.77. The summed E-state index contributed by atoms with van der Waals surface area (Å²) in [5.41, 5.74) is 1.71. The van der Waals surface area contributed by atoms with Crippen molar-refractivity contribution in [1.29, 1.82) is 0 Å². The van der Waals surface area contributed by atoms with Crippen molar-refractivity contribution < 1.29 is 29.3 Å². The molecule has 0 radical (unpaired) electrons. The second kappa shape index (κ2) is 10.8. The van der Waals surface area contributed by atoms with Crippen LogP contribution in [0.3, 0.4) is 0 Å². The standard InChI is InChI=1S/C31H25Cl2NO6/c1-34(20-10-7-18(8-11-20)9-12-30(37)39-2)26-15-28-22(13-24(26)32)31(38,21-6-4-3-5-19(21)17-35)23-14-25(33)27(36)16-29(23)40-28/h3-8,10-11,13-17,36,38H,9,12H2,1-2H3. The largest absolute Gasteiger partial charge is 0.506 e. The fourth-order valence-electron chi connectivity index (χ4n) is 4.93. The quantitative estimate of drug-likeness (QED) is 0.185. The molecule has 4 aromatic carbocycles. The maximum absolute atomic E-state index is 12.4. The lowest BCUT2D eigenvalue weighted by Gasteiger charge is -2.38. The van der Waals surface area contributed by atoms with Crippen molar-refractivity contribution in [3.05, 3.63) is 111 Å². The van der Waals surface area contributed by atoms with Gasteiger partial charge in [-0.1, -0.05) is 59.6 Å². The van der Waals surface area contributed by atoms with E-state index >= 15 is 0 Å². The molecule has 0 aromatic heterocycles. The lowest BCUT2D eigenvalue weighted by atomic mass is 9.76. The smallest absolute Gasteiger partial charge is 0.305 e. The number of aromatic hydroxyl groups is 1. The Balaban J connectivity index is 1.60. The van der Waals surface area contributed by atoms with Crippen LogP contribution in [-0.4, -0.2) is 36.6 Å². The first kappa shape index (κ1) is 27.5. The molecule has 1 aliphatic heterocycles. The predicted molar refractivity (Wildman–Crippen MR) is 153 cm³/mol. The fraction of sp³-hybridized carbons (Fsp3) is 0.161. The van der Waals surface area contributed by atoms with E-state index in [0.29, 0.717) is 40.3 Å². The highest BCUT2D eigenvalue weighted by Gasteiger charge is 2.44. The van der Waals surface area contributed by atoms with E-state index in [1.807, 2.05) is 36.2 Å². The van der Waals surface area contributed by atoms with Crippen LogP contribution in [0.5, 0.6) is 17.2 Å². The number of rotatable bonds is 7. The Kier molecular flexibility index (Phi) is 7.47. The van der Waals surface area contributed by atoms with Crippen molar-refractivity contribution in [3.8, 4) is 17.2 Å². The molecule has 1 heterocycles. The molecule has 0 spiro atoms. The van der Waals surface area contributed by atoms with Crippen LogP contribution >= 0.6 is 23.2 Å². The summed E-state index contributed by atoms with van der Waals surface area (Å²) in [4.78, 5) is 25.3. The number of hydrogen-bond acceptors (Lipinski definition) is 7. The lowest BCUT2D eigenvalue weighted by Crippen LogP contribution is -2.33. The van der Waals surface area contributed by atoms with Gasteiger partial charge in [0.1, 0.15) is 29.1 Å². The fourth-order valence-corrected chi connectivity index (χ4v) is 5.39. The molecule has 2 N–H and O–H groups in total. The number of methoxy groups -OCH3 is 1.